The van der Waals surface area contributed by atoms with E-state index in [1.807, 2.05) is 24.4 Å². The topological polar surface area (TPSA) is 61.8 Å². The molecule has 0 radical (unpaired) electrons. The van der Waals surface area contributed by atoms with Crippen molar-refractivity contribution in [2.24, 2.45) is 4.99 Å². The van der Waals surface area contributed by atoms with Crippen LogP contribution in [0, 0.1) is 0 Å². The summed E-state index contributed by atoms with van der Waals surface area (Å²) in [6, 6.07) is 10.8. The number of rotatable bonds is 6. The highest BCUT2D eigenvalue weighted by Gasteiger charge is 2.17. The molecule has 1 fully saturated rings. The molecule has 0 aliphatic carbocycles. The number of aliphatic imine (C=N–C) groups is 1. The maximum atomic E-state index is 5.43. The van der Waals surface area contributed by atoms with Gasteiger partial charge in [-0.2, -0.15) is 0 Å². The summed E-state index contributed by atoms with van der Waals surface area (Å²) < 4.78 is 5.43. The molecule has 1 aliphatic heterocycles. The third-order valence-corrected chi connectivity index (χ3v) is 4.72. The second-order valence-electron chi connectivity index (χ2n) is 6.55. The van der Waals surface area contributed by atoms with E-state index < -0.39 is 0 Å². The molecule has 1 aliphatic rings. The lowest BCUT2D eigenvalue weighted by atomic mass is 10.1. The Labute approximate surface area is 155 Å². The largest absolute Gasteiger partial charge is 0.379 e. The van der Waals surface area contributed by atoms with Crippen molar-refractivity contribution in [3.8, 4) is 0 Å². The summed E-state index contributed by atoms with van der Waals surface area (Å²) in [5.74, 6) is 0.836. The predicted octanol–water partition coefficient (Wildman–Crippen LogP) is 2.01. The van der Waals surface area contributed by atoms with Gasteiger partial charge in [-0.05, 0) is 25.3 Å². The molecule has 3 rings (SSSR count). The fourth-order valence-corrected chi connectivity index (χ4v) is 3.20. The van der Waals surface area contributed by atoms with Crippen LogP contribution >= 0.6 is 0 Å². The van der Waals surface area contributed by atoms with Crippen LogP contribution in [-0.4, -0.2) is 61.3 Å². The molecule has 1 aromatic heterocycles. The maximum Gasteiger partial charge on any atom is 0.191 e. The number of aromatic nitrogens is 1. The number of morpholine rings is 1. The SMILES string of the molecule is CCNC(=NCc1nccc2ccccc12)NCC(C)N1CCOCC1. The maximum absolute atomic E-state index is 5.43. The fraction of sp³-hybridized carbons (Fsp3) is 0.500. The second kappa shape index (κ2) is 9.50. The number of fused-ring (bicyclic) bond motifs is 1. The molecule has 6 nitrogen and oxygen atoms in total. The summed E-state index contributed by atoms with van der Waals surface area (Å²) in [6.07, 6.45) is 1.86. The Hall–Kier alpha value is -2.18. The van der Waals surface area contributed by atoms with Crippen LogP contribution < -0.4 is 10.6 Å². The molecule has 2 N–H and O–H groups in total. The Balaban J connectivity index is 1.63. The predicted molar refractivity (Wildman–Crippen MR) is 106 cm³/mol. The van der Waals surface area contributed by atoms with Crippen molar-refractivity contribution >= 4 is 16.7 Å². The van der Waals surface area contributed by atoms with Gasteiger partial charge in [0.1, 0.15) is 0 Å². The van der Waals surface area contributed by atoms with Gasteiger partial charge in [0.2, 0.25) is 0 Å². The molecule has 26 heavy (non-hydrogen) atoms. The molecule has 2 heterocycles. The van der Waals surface area contributed by atoms with E-state index in [0.29, 0.717) is 12.6 Å². The number of nitrogens with one attached hydrogen (secondary N) is 2. The van der Waals surface area contributed by atoms with Gasteiger partial charge in [-0.1, -0.05) is 24.3 Å². The minimum absolute atomic E-state index is 0.443. The van der Waals surface area contributed by atoms with E-state index in [1.54, 1.807) is 0 Å². The van der Waals surface area contributed by atoms with Gasteiger partial charge in [-0.3, -0.25) is 9.88 Å². The molecule has 1 atom stereocenters. The van der Waals surface area contributed by atoms with Crippen molar-refractivity contribution < 1.29 is 4.74 Å². The Kier molecular flexibility index (Phi) is 6.80. The van der Waals surface area contributed by atoms with Crippen LogP contribution in [0.4, 0.5) is 0 Å². The first-order valence-corrected chi connectivity index (χ1v) is 9.44. The molecule has 0 spiro atoms. The van der Waals surface area contributed by atoms with Crippen LogP contribution in [0.1, 0.15) is 19.5 Å². The van der Waals surface area contributed by atoms with Gasteiger partial charge in [0.05, 0.1) is 25.5 Å². The Bertz CT molecular complexity index is 722. The summed E-state index contributed by atoms with van der Waals surface area (Å²) in [5, 5.41) is 9.16. The zero-order valence-corrected chi connectivity index (χ0v) is 15.7. The highest BCUT2D eigenvalue weighted by molar-refractivity contribution is 5.85. The fourth-order valence-electron chi connectivity index (χ4n) is 3.20. The molecule has 0 saturated carbocycles. The van der Waals surface area contributed by atoms with E-state index in [4.69, 9.17) is 9.73 Å². The third kappa shape index (κ3) is 4.93. The van der Waals surface area contributed by atoms with Crippen LogP contribution in [0.15, 0.2) is 41.5 Å². The van der Waals surface area contributed by atoms with E-state index in [-0.39, 0.29) is 0 Å². The monoisotopic (exact) mass is 355 g/mol. The average molecular weight is 355 g/mol. The molecule has 140 valence electrons. The first-order valence-electron chi connectivity index (χ1n) is 9.44. The van der Waals surface area contributed by atoms with Crippen LogP contribution in [0.3, 0.4) is 0 Å². The molecular formula is C20H29N5O. The molecular weight excluding hydrogens is 326 g/mol. The quantitative estimate of drug-likeness (QED) is 0.613. The molecule has 0 amide bonds. The van der Waals surface area contributed by atoms with Gasteiger partial charge in [-0.25, -0.2) is 4.99 Å². The van der Waals surface area contributed by atoms with Crippen LogP contribution in [0.25, 0.3) is 10.8 Å². The van der Waals surface area contributed by atoms with E-state index >= 15 is 0 Å². The van der Waals surface area contributed by atoms with Gasteiger partial charge in [0, 0.05) is 43.8 Å². The van der Waals surface area contributed by atoms with Crippen molar-refractivity contribution in [1.29, 1.82) is 0 Å². The molecule has 1 aromatic carbocycles. The van der Waals surface area contributed by atoms with Crippen LogP contribution in [0.5, 0.6) is 0 Å². The zero-order chi connectivity index (χ0) is 18.2. The molecule has 1 saturated heterocycles. The van der Waals surface area contributed by atoms with Crippen molar-refractivity contribution in [3.05, 3.63) is 42.2 Å². The van der Waals surface area contributed by atoms with Gasteiger partial charge >= 0.3 is 0 Å². The highest BCUT2D eigenvalue weighted by atomic mass is 16.5. The van der Waals surface area contributed by atoms with Gasteiger partial charge in [-0.15, -0.1) is 0 Å². The summed E-state index contributed by atoms with van der Waals surface area (Å²) in [4.78, 5) is 11.7. The number of ether oxygens (including phenoxy) is 1. The van der Waals surface area contributed by atoms with E-state index in [9.17, 15) is 0 Å². The molecule has 1 unspecified atom stereocenters. The Morgan fingerprint density at radius 1 is 1.23 bits per heavy atom. The first kappa shape index (κ1) is 18.6. The summed E-state index contributed by atoms with van der Waals surface area (Å²) >= 11 is 0. The number of pyridine rings is 1. The summed E-state index contributed by atoms with van der Waals surface area (Å²) in [5.41, 5.74) is 1.00. The van der Waals surface area contributed by atoms with E-state index in [0.717, 1.165) is 56.4 Å². The van der Waals surface area contributed by atoms with Gasteiger partial charge < -0.3 is 15.4 Å². The van der Waals surface area contributed by atoms with Crippen LogP contribution in [0.2, 0.25) is 0 Å². The standard InChI is InChI=1S/C20H29N5O/c1-3-21-20(23-14-16(2)25-10-12-26-13-11-25)24-15-19-18-7-5-4-6-17(18)8-9-22-19/h4-9,16H,3,10-15H2,1-2H3,(H2,21,23,24). The van der Waals surface area contributed by atoms with Crippen molar-refractivity contribution in [2.75, 3.05) is 39.4 Å². The van der Waals surface area contributed by atoms with Crippen molar-refractivity contribution in [1.82, 2.24) is 20.5 Å². The number of benzene rings is 1. The van der Waals surface area contributed by atoms with Crippen molar-refractivity contribution in [3.63, 3.8) is 0 Å². The van der Waals surface area contributed by atoms with Gasteiger partial charge in [0.15, 0.2) is 5.96 Å². The van der Waals surface area contributed by atoms with E-state index in [1.165, 1.54) is 5.39 Å². The van der Waals surface area contributed by atoms with E-state index in [2.05, 4.69) is 46.5 Å². The smallest absolute Gasteiger partial charge is 0.191 e. The minimum atomic E-state index is 0.443. The highest BCUT2D eigenvalue weighted by Crippen LogP contribution is 2.16. The van der Waals surface area contributed by atoms with Crippen LogP contribution in [-0.2, 0) is 11.3 Å². The average Bonchev–Trinajstić information content (AvgIpc) is 2.70. The number of hydrogen-bond acceptors (Lipinski definition) is 4. The Morgan fingerprint density at radius 2 is 2.04 bits per heavy atom. The number of nitrogens with zero attached hydrogens (tertiary/aromatic N) is 3. The van der Waals surface area contributed by atoms with Crippen molar-refractivity contribution in [2.45, 2.75) is 26.4 Å². The second-order valence-corrected chi connectivity index (χ2v) is 6.55. The third-order valence-electron chi connectivity index (χ3n) is 4.72. The zero-order valence-electron chi connectivity index (χ0n) is 15.7. The summed E-state index contributed by atoms with van der Waals surface area (Å²) in [7, 11) is 0. The number of hydrogen-bond donors (Lipinski definition) is 2. The lowest BCUT2D eigenvalue weighted by Crippen LogP contribution is -2.49. The molecule has 0 bridgehead atoms. The lowest BCUT2D eigenvalue weighted by Gasteiger charge is -2.32. The Morgan fingerprint density at radius 3 is 2.85 bits per heavy atom. The molecule has 2 aromatic rings. The minimum Gasteiger partial charge on any atom is -0.379 e. The normalized spacial score (nSPS) is 17.2. The van der Waals surface area contributed by atoms with Gasteiger partial charge in [0.25, 0.3) is 0 Å². The number of guanidine groups is 1. The molecule has 6 heteroatoms. The lowest BCUT2D eigenvalue weighted by molar-refractivity contribution is 0.0211. The summed E-state index contributed by atoms with van der Waals surface area (Å²) in [6.45, 7) is 10.2. The first-order chi connectivity index (χ1) is 12.8.